The first-order chi connectivity index (χ1) is 5.61. The molecule has 0 atom stereocenters. The van der Waals surface area contributed by atoms with Crippen LogP contribution in [0.1, 0.15) is 11.8 Å². The standard InChI is InChI=1S/C7H7BO4.Na.H/c9-7(10)5-1-3-6(4-2-5)8(11)12;;/h1-4,11-12H,(H,9,10);;/q;+1;-1. The third-order valence-electron chi connectivity index (χ3n) is 1.46. The number of carboxylic acids is 1. The van der Waals surface area contributed by atoms with E-state index in [-0.39, 0.29) is 42.0 Å². The minimum atomic E-state index is -1.55. The van der Waals surface area contributed by atoms with E-state index < -0.39 is 13.1 Å². The zero-order chi connectivity index (χ0) is 9.14. The molecule has 0 radical (unpaired) electrons. The monoisotopic (exact) mass is 190 g/mol. The van der Waals surface area contributed by atoms with Gasteiger partial charge in [-0.3, -0.25) is 0 Å². The molecule has 6 heteroatoms. The summed E-state index contributed by atoms with van der Waals surface area (Å²) in [4.78, 5) is 10.4. The Morgan fingerprint density at radius 2 is 1.69 bits per heavy atom. The number of rotatable bonds is 2. The Morgan fingerprint density at radius 3 is 2.00 bits per heavy atom. The Bertz CT molecular complexity index is 290. The molecule has 4 nitrogen and oxygen atoms in total. The third kappa shape index (κ3) is 3.50. The number of carboxylic acid groups (broad SMARTS) is 1. The summed E-state index contributed by atoms with van der Waals surface area (Å²) in [7, 11) is -1.55. The van der Waals surface area contributed by atoms with Crippen molar-refractivity contribution in [2.45, 2.75) is 0 Å². The van der Waals surface area contributed by atoms with Gasteiger partial charge < -0.3 is 16.6 Å². The van der Waals surface area contributed by atoms with Crippen LogP contribution in [0.25, 0.3) is 0 Å². The van der Waals surface area contributed by atoms with Gasteiger partial charge in [0, 0.05) is 0 Å². The largest absolute Gasteiger partial charge is 1.00 e. The van der Waals surface area contributed by atoms with E-state index in [1.165, 1.54) is 24.3 Å². The van der Waals surface area contributed by atoms with Crippen molar-refractivity contribution in [3.8, 4) is 0 Å². The van der Waals surface area contributed by atoms with Crippen LogP contribution in [0.4, 0.5) is 0 Å². The van der Waals surface area contributed by atoms with Gasteiger partial charge in [-0.05, 0) is 17.6 Å². The molecule has 0 unspecified atom stereocenters. The van der Waals surface area contributed by atoms with Gasteiger partial charge in [0.25, 0.3) is 0 Å². The first-order valence-electron chi connectivity index (χ1n) is 3.30. The van der Waals surface area contributed by atoms with Crippen LogP contribution in [0, 0.1) is 0 Å². The maximum absolute atomic E-state index is 10.4. The van der Waals surface area contributed by atoms with E-state index >= 15 is 0 Å². The summed E-state index contributed by atoms with van der Waals surface area (Å²) >= 11 is 0. The van der Waals surface area contributed by atoms with Crippen LogP contribution in [-0.2, 0) is 0 Å². The maximum atomic E-state index is 10.4. The van der Waals surface area contributed by atoms with Crippen molar-refractivity contribution in [2.75, 3.05) is 0 Å². The van der Waals surface area contributed by atoms with Crippen LogP contribution in [-0.4, -0.2) is 28.2 Å². The number of carbonyl (C=O) groups is 1. The van der Waals surface area contributed by atoms with Gasteiger partial charge in [0.05, 0.1) is 5.56 Å². The topological polar surface area (TPSA) is 77.8 Å². The van der Waals surface area contributed by atoms with Crippen molar-refractivity contribution < 1.29 is 50.9 Å². The van der Waals surface area contributed by atoms with Crippen molar-refractivity contribution in [2.24, 2.45) is 0 Å². The average Bonchev–Trinajstić information content (AvgIpc) is 2.04. The number of hydrogen-bond acceptors (Lipinski definition) is 3. The Kier molecular flexibility index (Phi) is 5.28. The van der Waals surface area contributed by atoms with Crippen LogP contribution in [0.5, 0.6) is 0 Å². The summed E-state index contributed by atoms with van der Waals surface area (Å²) in [5.41, 5.74) is 0.402. The predicted molar refractivity (Wildman–Crippen MR) is 44.3 cm³/mol. The molecule has 0 fully saturated rings. The quantitative estimate of drug-likeness (QED) is 0.417. The van der Waals surface area contributed by atoms with Gasteiger partial charge in [-0.25, -0.2) is 4.79 Å². The van der Waals surface area contributed by atoms with E-state index in [0.29, 0.717) is 0 Å². The van der Waals surface area contributed by atoms with Crippen molar-refractivity contribution >= 4 is 18.6 Å². The fourth-order valence-electron chi connectivity index (χ4n) is 0.798. The molecule has 64 valence electrons. The van der Waals surface area contributed by atoms with Gasteiger partial charge in [-0.1, -0.05) is 12.1 Å². The van der Waals surface area contributed by atoms with Gasteiger partial charge in [0.15, 0.2) is 0 Å². The normalized spacial score (nSPS) is 8.77. The van der Waals surface area contributed by atoms with Crippen LogP contribution in [0.2, 0.25) is 0 Å². The molecule has 1 aromatic carbocycles. The van der Waals surface area contributed by atoms with Crippen molar-refractivity contribution in [1.29, 1.82) is 0 Å². The van der Waals surface area contributed by atoms with Gasteiger partial charge in [-0.2, -0.15) is 0 Å². The first-order valence-corrected chi connectivity index (χ1v) is 3.30. The fourth-order valence-corrected chi connectivity index (χ4v) is 0.798. The van der Waals surface area contributed by atoms with Crippen molar-refractivity contribution in [3.63, 3.8) is 0 Å². The molecule has 1 rings (SSSR count). The molecule has 0 saturated carbocycles. The van der Waals surface area contributed by atoms with E-state index in [0.717, 1.165) is 0 Å². The maximum Gasteiger partial charge on any atom is 1.00 e. The first kappa shape index (κ1) is 12.7. The molecule has 3 N–H and O–H groups in total. The minimum absolute atomic E-state index is 0. The summed E-state index contributed by atoms with van der Waals surface area (Å²) in [6, 6.07) is 5.34. The molecule has 0 amide bonds. The van der Waals surface area contributed by atoms with Crippen LogP contribution in [0.15, 0.2) is 24.3 Å². The third-order valence-corrected chi connectivity index (χ3v) is 1.46. The smallest absolute Gasteiger partial charge is 1.00 e. The molecule has 0 aromatic heterocycles. The van der Waals surface area contributed by atoms with E-state index in [1.54, 1.807) is 0 Å². The fraction of sp³-hybridized carbons (Fsp3) is 0. The molecular formula is C7H8BNaO4. The molecule has 1 aromatic rings. The summed E-state index contributed by atoms with van der Waals surface area (Å²) < 4.78 is 0. The second-order valence-electron chi connectivity index (χ2n) is 2.30. The van der Waals surface area contributed by atoms with Crippen LogP contribution >= 0.6 is 0 Å². The zero-order valence-electron chi connectivity index (χ0n) is 8.14. The summed E-state index contributed by atoms with van der Waals surface area (Å²) in [6.07, 6.45) is 0. The van der Waals surface area contributed by atoms with E-state index in [4.69, 9.17) is 15.2 Å². The van der Waals surface area contributed by atoms with E-state index in [2.05, 4.69) is 0 Å². The molecule has 0 aliphatic rings. The van der Waals surface area contributed by atoms with Crippen molar-refractivity contribution in [1.82, 2.24) is 0 Å². The average molecular weight is 190 g/mol. The van der Waals surface area contributed by atoms with Crippen LogP contribution < -0.4 is 35.0 Å². The summed E-state index contributed by atoms with van der Waals surface area (Å²) in [5.74, 6) is -1.03. The van der Waals surface area contributed by atoms with Crippen LogP contribution in [0.3, 0.4) is 0 Å². The van der Waals surface area contributed by atoms with E-state index in [9.17, 15) is 4.79 Å². The second-order valence-corrected chi connectivity index (χ2v) is 2.30. The number of hydrogen-bond donors (Lipinski definition) is 3. The predicted octanol–water partition coefficient (Wildman–Crippen LogP) is -3.82. The van der Waals surface area contributed by atoms with E-state index in [1.807, 2.05) is 0 Å². The molecule has 0 aliphatic carbocycles. The minimum Gasteiger partial charge on any atom is -1.00 e. The Labute approximate surface area is 99.1 Å². The molecule has 13 heavy (non-hydrogen) atoms. The zero-order valence-corrected chi connectivity index (χ0v) is 9.14. The molecule has 0 spiro atoms. The molecule has 0 bridgehead atoms. The summed E-state index contributed by atoms with van der Waals surface area (Å²) in [5, 5.41) is 25.8. The SMILES string of the molecule is O=C(O)c1ccc(B(O)O)cc1.[H-].[Na+]. The number of benzene rings is 1. The van der Waals surface area contributed by atoms with Gasteiger partial charge in [-0.15, -0.1) is 0 Å². The Morgan fingerprint density at radius 1 is 1.23 bits per heavy atom. The number of aromatic carboxylic acids is 1. The second kappa shape index (κ2) is 5.41. The molecule has 0 saturated heterocycles. The Hall–Kier alpha value is -0.325. The molecular weight excluding hydrogens is 182 g/mol. The molecule has 0 heterocycles. The van der Waals surface area contributed by atoms with Gasteiger partial charge in [0.1, 0.15) is 0 Å². The van der Waals surface area contributed by atoms with Crippen molar-refractivity contribution in [3.05, 3.63) is 29.8 Å². The van der Waals surface area contributed by atoms with Gasteiger partial charge in [0.2, 0.25) is 0 Å². The molecule has 0 aliphatic heterocycles. The Balaban J connectivity index is 0. The van der Waals surface area contributed by atoms with Gasteiger partial charge >= 0.3 is 42.6 Å². The summed E-state index contributed by atoms with van der Waals surface area (Å²) in [6.45, 7) is 0.